The second-order valence-corrected chi connectivity index (χ2v) is 7.07. The molecule has 0 heterocycles. The summed E-state index contributed by atoms with van der Waals surface area (Å²) in [5, 5.41) is 8.96. The molecule has 1 atom stereocenters. The van der Waals surface area contributed by atoms with E-state index in [1.807, 2.05) is 39.8 Å². The summed E-state index contributed by atoms with van der Waals surface area (Å²) < 4.78 is 27.5. The summed E-state index contributed by atoms with van der Waals surface area (Å²) in [5.74, 6) is 0.167. The highest BCUT2D eigenvalue weighted by atomic mass is 32.2. The molecule has 0 radical (unpaired) electrons. The fourth-order valence-electron chi connectivity index (χ4n) is 2.52. The van der Waals surface area contributed by atoms with Gasteiger partial charge >= 0.3 is 0 Å². The Labute approximate surface area is 122 Å². The molecule has 0 aromatic heterocycles. The summed E-state index contributed by atoms with van der Waals surface area (Å²) in [6, 6.07) is 3.76. The molecule has 1 rings (SSSR count). The van der Waals surface area contributed by atoms with Gasteiger partial charge in [-0.05, 0) is 44.2 Å². The molecular formula is C15H25NO3S. The van der Waals surface area contributed by atoms with Crippen LogP contribution in [0.15, 0.2) is 17.0 Å². The number of rotatable bonds is 7. The first-order valence-corrected chi connectivity index (χ1v) is 8.48. The molecule has 0 aliphatic heterocycles. The zero-order valence-electron chi connectivity index (χ0n) is 12.7. The van der Waals surface area contributed by atoms with E-state index in [1.54, 1.807) is 0 Å². The summed E-state index contributed by atoms with van der Waals surface area (Å²) in [6.07, 6.45) is 1.46. The Balaban J connectivity index is 2.95. The van der Waals surface area contributed by atoms with Crippen LogP contribution < -0.4 is 4.72 Å². The summed E-state index contributed by atoms with van der Waals surface area (Å²) in [6.45, 7) is 8.04. The van der Waals surface area contributed by atoms with Crippen LogP contribution in [0.3, 0.4) is 0 Å². The summed E-state index contributed by atoms with van der Waals surface area (Å²) in [5.41, 5.74) is 2.60. The van der Waals surface area contributed by atoms with E-state index in [4.69, 9.17) is 5.11 Å². The Morgan fingerprint density at radius 2 is 1.75 bits per heavy atom. The summed E-state index contributed by atoms with van der Waals surface area (Å²) in [7, 11) is -3.49. The minimum atomic E-state index is -3.49. The van der Waals surface area contributed by atoms with Crippen LogP contribution in [0.25, 0.3) is 0 Å². The predicted octanol–water partition coefficient (Wildman–Crippen LogP) is 2.30. The molecule has 0 bridgehead atoms. The third-order valence-corrected chi connectivity index (χ3v) is 5.28. The minimum absolute atomic E-state index is 0.0861. The van der Waals surface area contributed by atoms with Gasteiger partial charge in [0.2, 0.25) is 10.0 Å². The van der Waals surface area contributed by atoms with E-state index in [-0.39, 0.29) is 12.5 Å². The van der Waals surface area contributed by atoms with E-state index in [0.29, 0.717) is 17.9 Å². The molecule has 1 unspecified atom stereocenters. The Morgan fingerprint density at radius 1 is 1.20 bits per heavy atom. The number of hydrogen-bond donors (Lipinski definition) is 2. The Kier molecular flexibility index (Phi) is 6.17. The number of hydrogen-bond acceptors (Lipinski definition) is 3. The monoisotopic (exact) mass is 299 g/mol. The van der Waals surface area contributed by atoms with E-state index in [9.17, 15) is 8.42 Å². The molecule has 0 aliphatic rings. The van der Waals surface area contributed by atoms with Crippen molar-refractivity contribution in [1.29, 1.82) is 0 Å². The molecule has 20 heavy (non-hydrogen) atoms. The lowest BCUT2D eigenvalue weighted by atomic mass is 10.0. The molecule has 5 heteroatoms. The SMILES string of the molecule is CCC(CCO)CNS(=O)(=O)c1c(C)cc(C)cc1C. The topological polar surface area (TPSA) is 66.4 Å². The molecule has 4 nitrogen and oxygen atoms in total. The van der Waals surface area contributed by atoms with E-state index < -0.39 is 10.0 Å². The van der Waals surface area contributed by atoms with E-state index in [1.165, 1.54) is 0 Å². The van der Waals surface area contributed by atoms with Gasteiger partial charge < -0.3 is 5.11 Å². The number of sulfonamides is 1. The smallest absolute Gasteiger partial charge is 0.241 e. The molecule has 1 aromatic carbocycles. The number of aliphatic hydroxyl groups is 1. The molecular weight excluding hydrogens is 274 g/mol. The third-order valence-electron chi connectivity index (χ3n) is 3.55. The first-order valence-electron chi connectivity index (χ1n) is 7.00. The van der Waals surface area contributed by atoms with Gasteiger partial charge in [0.25, 0.3) is 0 Å². The highest BCUT2D eigenvalue weighted by molar-refractivity contribution is 7.89. The van der Waals surface area contributed by atoms with Crippen molar-refractivity contribution in [3.8, 4) is 0 Å². The van der Waals surface area contributed by atoms with Gasteiger partial charge in [-0.2, -0.15) is 0 Å². The molecule has 0 saturated carbocycles. The van der Waals surface area contributed by atoms with Crippen LogP contribution in [0, 0.1) is 26.7 Å². The third kappa shape index (κ3) is 4.30. The largest absolute Gasteiger partial charge is 0.396 e. The minimum Gasteiger partial charge on any atom is -0.396 e. The lowest BCUT2D eigenvalue weighted by molar-refractivity contribution is 0.254. The Bertz CT molecular complexity index is 529. The van der Waals surface area contributed by atoms with E-state index in [2.05, 4.69) is 4.72 Å². The average molecular weight is 299 g/mol. The first kappa shape index (κ1) is 17.1. The van der Waals surface area contributed by atoms with Crippen LogP contribution in [0.5, 0.6) is 0 Å². The van der Waals surface area contributed by atoms with Crippen molar-refractivity contribution in [3.63, 3.8) is 0 Å². The maximum Gasteiger partial charge on any atom is 0.241 e. The molecule has 0 aliphatic carbocycles. The van der Waals surface area contributed by atoms with Gasteiger partial charge in [-0.3, -0.25) is 0 Å². The van der Waals surface area contributed by atoms with Gasteiger partial charge in [0.1, 0.15) is 0 Å². The van der Waals surface area contributed by atoms with Gasteiger partial charge in [0, 0.05) is 13.2 Å². The second-order valence-electron chi connectivity index (χ2n) is 5.37. The van der Waals surface area contributed by atoms with Crippen molar-refractivity contribution in [2.75, 3.05) is 13.2 Å². The van der Waals surface area contributed by atoms with E-state index in [0.717, 1.165) is 23.1 Å². The van der Waals surface area contributed by atoms with Crippen molar-refractivity contribution >= 4 is 10.0 Å². The van der Waals surface area contributed by atoms with Crippen LogP contribution in [-0.2, 0) is 10.0 Å². The molecule has 0 saturated heterocycles. The van der Waals surface area contributed by atoms with Crippen LogP contribution in [0.4, 0.5) is 0 Å². The van der Waals surface area contributed by atoms with Crippen LogP contribution >= 0.6 is 0 Å². The standard InChI is InChI=1S/C15H25NO3S/c1-5-14(6-7-17)10-16-20(18,19)15-12(3)8-11(2)9-13(15)4/h8-9,14,16-17H,5-7,10H2,1-4H3. The zero-order valence-corrected chi connectivity index (χ0v) is 13.5. The quantitative estimate of drug-likeness (QED) is 0.812. The maximum atomic E-state index is 12.4. The number of benzene rings is 1. The number of nitrogens with one attached hydrogen (secondary N) is 1. The van der Waals surface area contributed by atoms with Crippen molar-refractivity contribution in [2.45, 2.75) is 45.4 Å². The fraction of sp³-hybridized carbons (Fsp3) is 0.600. The van der Waals surface area contributed by atoms with Crippen LogP contribution in [0.2, 0.25) is 0 Å². The average Bonchev–Trinajstić information content (AvgIpc) is 2.32. The van der Waals surface area contributed by atoms with Crippen LogP contribution in [-0.4, -0.2) is 26.7 Å². The molecule has 0 spiro atoms. The number of aryl methyl sites for hydroxylation is 3. The first-order chi connectivity index (χ1) is 9.31. The second kappa shape index (κ2) is 7.20. The normalized spacial score (nSPS) is 13.4. The fourth-order valence-corrected chi connectivity index (χ4v) is 4.09. The lowest BCUT2D eigenvalue weighted by Crippen LogP contribution is -2.30. The van der Waals surface area contributed by atoms with Gasteiger partial charge in [0.15, 0.2) is 0 Å². The lowest BCUT2D eigenvalue weighted by Gasteiger charge is -2.17. The molecule has 114 valence electrons. The van der Waals surface area contributed by atoms with Gasteiger partial charge in [-0.1, -0.05) is 31.0 Å². The van der Waals surface area contributed by atoms with Crippen molar-refractivity contribution in [2.24, 2.45) is 5.92 Å². The molecule has 0 fully saturated rings. The molecule has 1 aromatic rings. The van der Waals surface area contributed by atoms with E-state index >= 15 is 0 Å². The van der Waals surface area contributed by atoms with Crippen molar-refractivity contribution < 1.29 is 13.5 Å². The van der Waals surface area contributed by atoms with Gasteiger partial charge in [-0.15, -0.1) is 0 Å². The zero-order chi connectivity index (χ0) is 15.3. The predicted molar refractivity (Wildman–Crippen MR) is 81.3 cm³/mol. The van der Waals surface area contributed by atoms with Crippen molar-refractivity contribution in [1.82, 2.24) is 4.72 Å². The summed E-state index contributed by atoms with van der Waals surface area (Å²) in [4.78, 5) is 0.377. The van der Waals surface area contributed by atoms with Gasteiger partial charge in [-0.25, -0.2) is 13.1 Å². The highest BCUT2D eigenvalue weighted by Crippen LogP contribution is 2.21. The maximum absolute atomic E-state index is 12.4. The van der Waals surface area contributed by atoms with Gasteiger partial charge in [0.05, 0.1) is 4.90 Å². The van der Waals surface area contributed by atoms with Crippen LogP contribution in [0.1, 0.15) is 36.5 Å². The number of aliphatic hydroxyl groups excluding tert-OH is 1. The Hall–Kier alpha value is -0.910. The highest BCUT2D eigenvalue weighted by Gasteiger charge is 2.20. The summed E-state index contributed by atoms with van der Waals surface area (Å²) >= 11 is 0. The molecule has 0 amide bonds. The Morgan fingerprint density at radius 3 is 2.20 bits per heavy atom. The molecule has 2 N–H and O–H groups in total. The van der Waals surface area contributed by atoms with Crippen molar-refractivity contribution in [3.05, 3.63) is 28.8 Å².